The number of halogens is 1. The van der Waals surface area contributed by atoms with Crippen LogP contribution in [0.2, 0.25) is 0 Å². The van der Waals surface area contributed by atoms with Crippen LogP contribution in [0.1, 0.15) is 20.3 Å². The molecule has 0 aliphatic rings. The van der Waals surface area contributed by atoms with Gasteiger partial charge in [-0.3, -0.25) is 0 Å². The SMILES string of the molecule is CCC(C)Nc1nc2ccc(F)cc2[nH]1. The van der Waals surface area contributed by atoms with E-state index < -0.39 is 0 Å². The lowest BCUT2D eigenvalue weighted by molar-refractivity contribution is 0.629. The lowest BCUT2D eigenvalue weighted by Gasteiger charge is -2.08. The first kappa shape index (κ1) is 9.96. The van der Waals surface area contributed by atoms with Gasteiger partial charge in [-0.05, 0) is 31.5 Å². The number of rotatable bonds is 3. The van der Waals surface area contributed by atoms with Crippen LogP contribution in [0, 0.1) is 5.82 Å². The van der Waals surface area contributed by atoms with Gasteiger partial charge in [0.05, 0.1) is 11.0 Å². The summed E-state index contributed by atoms with van der Waals surface area (Å²) in [6.07, 6.45) is 1.02. The molecule has 0 saturated carbocycles. The lowest BCUT2D eigenvalue weighted by Crippen LogP contribution is -2.14. The van der Waals surface area contributed by atoms with Crippen LogP contribution in [0.5, 0.6) is 0 Å². The largest absolute Gasteiger partial charge is 0.353 e. The Morgan fingerprint density at radius 3 is 3.07 bits per heavy atom. The van der Waals surface area contributed by atoms with E-state index in [4.69, 9.17) is 0 Å². The van der Waals surface area contributed by atoms with Crippen molar-refractivity contribution in [1.82, 2.24) is 9.97 Å². The van der Waals surface area contributed by atoms with Gasteiger partial charge in [0, 0.05) is 6.04 Å². The molecule has 3 nitrogen and oxygen atoms in total. The number of aromatic nitrogens is 2. The van der Waals surface area contributed by atoms with E-state index in [9.17, 15) is 4.39 Å². The summed E-state index contributed by atoms with van der Waals surface area (Å²) in [6, 6.07) is 4.89. The van der Waals surface area contributed by atoms with Gasteiger partial charge in [0.25, 0.3) is 0 Å². The molecule has 0 aliphatic heterocycles. The zero-order valence-corrected chi connectivity index (χ0v) is 8.84. The molecular weight excluding hydrogens is 193 g/mol. The fourth-order valence-electron chi connectivity index (χ4n) is 1.39. The molecule has 2 N–H and O–H groups in total. The van der Waals surface area contributed by atoms with E-state index in [-0.39, 0.29) is 5.82 Å². The minimum Gasteiger partial charge on any atom is -0.353 e. The van der Waals surface area contributed by atoms with Gasteiger partial charge >= 0.3 is 0 Å². The van der Waals surface area contributed by atoms with Crippen LogP contribution in [0.4, 0.5) is 10.3 Å². The summed E-state index contributed by atoms with van der Waals surface area (Å²) >= 11 is 0. The van der Waals surface area contributed by atoms with Crippen molar-refractivity contribution in [2.75, 3.05) is 5.32 Å². The fourth-order valence-corrected chi connectivity index (χ4v) is 1.39. The minimum absolute atomic E-state index is 0.249. The summed E-state index contributed by atoms with van der Waals surface area (Å²) in [6.45, 7) is 4.17. The van der Waals surface area contributed by atoms with Crippen LogP contribution < -0.4 is 5.32 Å². The van der Waals surface area contributed by atoms with Gasteiger partial charge in [0.15, 0.2) is 0 Å². The molecule has 0 aliphatic carbocycles. The number of imidazole rings is 1. The Morgan fingerprint density at radius 2 is 2.33 bits per heavy atom. The van der Waals surface area contributed by atoms with Crippen molar-refractivity contribution in [3.05, 3.63) is 24.0 Å². The maximum absolute atomic E-state index is 12.9. The number of anilines is 1. The van der Waals surface area contributed by atoms with Gasteiger partial charge in [0.1, 0.15) is 5.82 Å². The van der Waals surface area contributed by atoms with Crippen molar-refractivity contribution < 1.29 is 4.39 Å². The van der Waals surface area contributed by atoms with Crippen LogP contribution in [-0.2, 0) is 0 Å². The van der Waals surface area contributed by atoms with E-state index in [0.29, 0.717) is 12.0 Å². The molecule has 2 aromatic rings. The molecule has 2 rings (SSSR count). The Labute approximate surface area is 87.7 Å². The van der Waals surface area contributed by atoms with Crippen LogP contribution in [0.15, 0.2) is 18.2 Å². The lowest BCUT2D eigenvalue weighted by atomic mass is 10.3. The smallest absolute Gasteiger partial charge is 0.201 e. The topological polar surface area (TPSA) is 40.7 Å². The third-order valence-corrected chi connectivity index (χ3v) is 2.44. The van der Waals surface area contributed by atoms with E-state index >= 15 is 0 Å². The molecule has 80 valence electrons. The fraction of sp³-hybridized carbons (Fsp3) is 0.364. The molecule has 1 unspecified atom stereocenters. The second kappa shape index (κ2) is 3.88. The summed E-state index contributed by atoms with van der Waals surface area (Å²) in [4.78, 5) is 7.35. The molecule has 1 atom stereocenters. The van der Waals surface area contributed by atoms with Gasteiger partial charge in [-0.15, -0.1) is 0 Å². The number of nitrogens with zero attached hydrogens (tertiary/aromatic N) is 1. The molecule has 1 aromatic heterocycles. The average Bonchev–Trinajstić information content (AvgIpc) is 2.59. The van der Waals surface area contributed by atoms with Crippen molar-refractivity contribution in [2.45, 2.75) is 26.3 Å². The minimum atomic E-state index is -0.249. The monoisotopic (exact) mass is 207 g/mol. The molecule has 0 saturated heterocycles. The normalized spacial score (nSPS) is 13.0. The van der Waals surface area contributed by atoms with Crippen LogP contribution in [-0.4, -0.2) is 16.0 Å². The number of hydrogen-bond donors (Lipinski definition) is 2. The van der Waals surface area contributed by atoms with Crippen molar-refractivity contribution in [3.8, 4) is 0 Å². The van der Waals surface area contributed by atoms with Crippen LogP contribution in [0.3, 0.4) is 0 Å². The molecule has 1 aromatic carbocycles. The van der Waals surface area contributed by atoms with Crippen LogP contribution in [0.25, 0.3) is 11.0 Å². The summed E-state index contributed by atoms with van der Waals surface area (Å²) < 4.78 is 12.9. The summed E-state index contributed by atoms with van der Waals surface area (Å²) in [7, 11) is 0. The Morgan fingerprint density at radius 1 is 1.53 bits per heavy atom. The maximum Gasteiger partial charge on any atom is 0.201 e. The number of hydrogen-bond acceptors (Lipinski definition) is 2. The predicted molar refractivity (Wildman–Crippen MR) is 59.4 cm³/mol. The van der Waals surface area contributed by atoms with Crippen molar-refractivity contribution >= 4 is 17.0 Å². The number of H-pyrrole nitrogens is 1. The first-order valence-corrected chi connectivity index (χ1v) is 5.11. The molecule has 0 fully saturated rings. The van der Waals surface area contributed by atoms with Gasteiger partial charge in [0.2, 0.25) is 5.95 Å². The highest BCUT2D eigenvalue weighted by Crippen LogP contribution is 2.16. The quantitative estimate of drug-likeness (QED) is 0.812. The Bertz CT molecular complexity index is 464. The molecule has 0 spiro atoms. The first-order valence-electron chi connectivity index (χ1n) is 5.11. The number of benzene rings is 1. The highest BCUT2D eigenvalue weighted by molar-refractivity contribution is 5.77. The van der Waals surface area contributed by atoms with E-state index in [1.54, 1.807) is 6.07 Å². The molecule has 4 heteroatoms. The number of aromatic amines is 1. The van der Waals surface area contributed by atoms with Gasteiger partial charge in [-0.25, -0.2) is 9.37 Å². The summed E-state index contributed by atoms with van der Waals surface area (Å²) in [5.74, 6) is 0.450. The van der Waals surface area contributed by atoms with E-state index in [1.807, 2.05) is 0 Å². The third kappa shape index (κ3) is 2.09. The number of fused-ring (bicyclic) bond motifs is 1. The summed E-state index contributed by atoms with van der Waals surface area (Å²) in [5, 5.41) is 3.21. The first-order chi connectivity index (χ1) is 7.19. The average molecular weight is 207 g/mol. The van der Waals surface area contributed by atoms with Crippen molar-refractivity contribution in [1.29, 1.82) is 0 Å². The highest BCUT2D eigenvalue weighted by Gasteiger charge is 2.05. The molecule has 15 heavy (non-hydrogen) atoms. The Kier molecular flexibility index (Phi) is 2.58. The molecule has 0 bridgehead atoms. The summed E-state index contributed by atoms with van der Waals surface area (Å²) in [5.41, 5.74) is 1.50. The predicted octanol–water partition coefficient (Wildman–Crippen LogP) is 2.91. The van der Waals surface area contributed by atoms with Gasteiger partial charge in [-0.2, -0.15) is 0 Å². The van der Waals surface area contributed by atoms with Crippen molar-refractivity contribution in [2.24, 2.45) is 0 Å². The Hall–Kier alpha value is -1.58. The standard InChI is InChI=1S/C11H14FN3/c1-3-7(2)13-11-14-9-5-4-8(12)6-10(9)15-11/h4-7H,3H2,1-2H3,(H2,13,14,15). The highest BCUT2D eigenvalue weighted by atomic mass is 19.1. The van der Waals surface area contributed by atoms with Crippen LogP contribution >= 0.6 is 0 Å². The molecular formula is C11H14FN3. The van der Waals surface area contributed by atoms with E-state index in [0.717, 1.165) is 17.5 Å². The second-order valence-corrected chi connectivity index (χ2v) is 3.70. The Balaban J connectivity index is 2.30. The number of nitrogens with one attached hydrogen (secondary N) is 2. The molecule has 0 radical (unpaired) electrons. The maximum atomic E-state index is 12.9. The third-order valence-electron chi connectivity index (χ3n) is 2.44. The zero-order valence-electron chi connectivity index (χ0n) is 8.84. The molecule has 1 heterocycles. The van der Waals surface area contributed by atoms with Gasteiger partial charge < -0.3 is 10.3 Å². The second-order valence-electron chi connectivity index (χ2n) is 3.70. The molecule has 0 amide bonds. The van der Waals surface area contributed by atoms with Crippen molar-refractivity contribution in [3.63, 3.8) is 0 Å². The van der Waals surface area contributed by atoms with E-state index in [2.05, 4.69) is 29.1 Å². The van der Waals surface area contributed by atoms with Gasteiger partial charge in [-0.1, -0.05) is 6.92 Å². The zero-order chi connectivity index (χ0) is 10.8. The van der Waals surface area contributed by atoms with E-state index in [1.165, 1.54) is 12.1 Å².